The van der Waals surface area contributed by atoms with E-state index in [1.165, 1.54) is 24.8 Å². The second-order valence-electron chi connectivity index (χ2n) is 8.36. The molecule has 3 atom stereocenters. The molecule has 31 heavy (non-hydrogen) atoms. The summed E-state index contributed by atoms with van der Waals surface area (Å²) in [6, 6.07) is 2.76. The fraction of sp³-hybridized carbons (Fsp3) is 0.636. The highest BCUT2D eigenvalue weighted by molar-refractivity contribution is 6.04. The Bertz CT molecular complexity index is 827. The number of carbonyl (C=O) groups is 2. The van der Waals surface area contributed by atoms with Gasteiger partial charge in [-0.05, 0) is 42.9 Å². The van der Waals surface area contributed by atoms with Crippen molar-refractivity contribution in [1.82, 2.24) is 10.3 Å². The number of aromatic nitrogens is 1. The van der Waals surface area contributed by atoms with Crippen LogP contribution < -0.4 is 5.32 Å². The molecule has 1 aliphatic heterocycles. The highest BCUT2D eigenvalue weighted by atomic mass is 19.1. The van der Waals surface area contributed by atoms with Gasteiger partial charge in [0.15, 0.2) is 0 Å². The van der Waals surface area contributed by atoms with Gasteiger partial charge in [0, 0.05) is 12.6 Å². The second-order valence-corrected chi connectivity index (χ2v) is 8.36. The number of carboxylic acids is 1. The Morgan fingerprint density at radius 3 is 2.74 bits per heavy atom. The van der Waals surface area contributed by atoms with Crippen molar-refractivity contribution in [2.45, 2.75) is 82.0 Å². The van der Waals surface area contributed by atoms with Crippen LogP contribution in [0.15, 0.2) is 23.5 Å². The van der Waals surface area contributed by atoms with Crippen LogP contribution in [0.25, 0.3) is 0 Å². The predicted octanol–water partition coefficient (Wildman–Crippen LogP) is 2.69. The summed E-state index contributed by atoms with van der Waals surface area (Å²) in [6.45, 7) is 0.583. The van der Waals surface area contributed by atoms with Gasteiger partial charge in [-0.25, -0.2) is 4.39 Å². The van der Waals surface area contributed by atoms with Crippen molar-refractivity contribution in [2.75, 3.05) is 6.67 Å². The smallest absolute Gasteiger partial charge is 0.305 e. The summed E-state index contributed by atoms with van der Waals surface area (Å²) in [5, 5.41) is 25.3. The number of pyridine rings is 1. The molecule has 0 aromatic carbocycles. The maximum absolute atomic E-state index is 12.9. The minimum atomic E-state index is -1.62. The summed E-state index contributed by atoms with van der Waals surface area (Å²) < 4.78 is 12.9. The number of carbonyl (C=O) groups excluding carboxylic acids is 1. The van der Waals surface area contributed by atoms with Gasteiger partial charge in [0.05, 0.1) is 18.2 Å². The minimum Gasteiger partial charge on any atom is -0.481 e. The molecule has 0 saturated heterocycles. The molecule has 1 aliphatic carbocycles. The summed E-state index contributed by atoms with van der Waals surface area (Å²) >= 11 is 0. The van der Waals surface area contributed by atoms with Crippen molar-refractivity contribution in [2.24, 2.45) is 5.16 Å². The predicted molar refractivity (Wildman–Crippen MR) is 111 cm³/mol. The first-order valence-corrected chi connectivity index (χ1v) is 10.9. The Hall–Kier alpha value is -2.55. The molecule has 8 nitrogen and oxygen atoms in total. The molecule has 1 aromatic heterocycles. The van der Waals surface area contributed by atoms with E-state index < -0.39 is 42.7 Å². The second kappa shape index (κ2) is 10.2. The quantitative estimate of drug-likeness (QED) is 0.548. The molecule has 170 valence electrons. The number of aliphatic hydroxyl groups is 1. The monoisotopic (exact) mass is 435 g/mol. The van der Waals surface area contributed by atoms with Crippen LogP contribution in [0.3, 0.4) is 0 Å². The van der Waals surface area contributed by atoms with E-state index in [1.807, 2.05) is 12.1 Å². The third-order valence-corrected chi connectivity index (χ3v) is 6.26. The molecule has 1 amide bonds. The van der Waals surface area contributed by atoms with Gasteiger partial charge < -0.3 is 20.4 Å². The molecular weight excluding hydrogens is 405 g/mol. The molecule has 1 aromatic rings. The van der Waals surface area contributed by atoms with Crippen molar-refractivity contribution in [3.63, 3.8) is 0 Å². The SMILES string of the molecule is CCC1(C(=O)NC(CC(=O)O)C(O)CF)CC(c2cc(C3CCCCC3)ccn2)=NO1. The minimum absolute atomic E-state index is 0.155. The third-order valence-electron chi connectivity index (χ3n) is 6.26. The summed E-state index contributed by atoms with van der Waals surface area (Å²) in [6.07, 6.45) is 5.94. The molecule has 3 unspecified atom stereocenters. The molecule has 2 aliphatic rings. The van der Waals surface area contributed by atoms with Gasteiger partial charge in [0.1, 0.15) is 18.5 Å². The lowest BCUT2D eigenvalue weighted by molar-refractivity contribution is -0.147. The van der Waals surface area contributed by atoms with E-state index in [1.54, 1.807) is 13.1 Å². The maximum Gasteiger partial charge on any atom is 0.305 e. The van der Waals surface area contributed by atoms with Gasteiger partial charge >= 0.3 is 5.97 Å². The molecular formula is C22H30FN3O5. The lowest BCUT2D eigenvalue weighted by atomic mass is 9.84. The number of aliphatic hydroxyl groups excluding tert-OH is 1. The number of alkyl halides is 1. The topological polar surface area (TPSA) is 121 Å². The molecule has 3 N–H and O–H groups in total. The Labute approximate surface area is 180 Å². The number of hydrogen-bond donors (Lipinski definition) is 3. The first kappa shape index (κ1) is 23.1. The summed E-state index contributed by atoms with van der Waals surface area (Å²) in [7, 11) is 0. The van der Waals surface area contributed by atoms with Crippen LogP contribution in [0.5, 0.6) is 0 Å². The first-order chi connectivity index (χ1) is 14.9. The number of halogens is 1. The number of rotatable bonds is 9. The van der Waals surface area contributed by atoms with Crippen molar-refractivity contribution in [3.05, 3.63) is 29.6 Å². The van der Waals surface area contributed by atoms with Gasteiger partial charge in [-0.3, -0.25) is 14.6 Å². The van der Waals surface area contributed by atoms with Gasteiger partial charge in [-0.15, -0.1) is 0 Å². The Morgan fingerprint density at radius 2 is 2.10 bits per heavy atom. The van der Waals surface area contributed by atoms with Crippen LogP contribution >= 0.6 is 0 Å². The average Bonchev–Trinajstić information content (AvgIpc) is 3.24. The van der Waals surface area contributed by atoms with Gasteiger partial charge in [0.2, 0.25) is 5.60 Å². The van der Waals surface area contributed by atoms with Gasteiger partial charge in [0.25, 0.3) is 5.91 Å². The standard InChI is InChI=1S/C22H30FN3O5/c1-2-22(21(30)25-17(11-20(28)29)19(27)13-23)12-18(26-31-22)16-10-15(8-9-24-16)14-6-4-3-5-7-14/h8-10,14,17,19,27H,2-7,11-13H2,1H3,(H,25,30)(H,28,29). The van der Waals surface area contributed by atoms with Crippen molar-refractivity contribution in [1.29, 1.82) is 0 Å². The summed E-state index contributed by atoms with van der Waals surface area (Å²) in [5.74, 6) is -1.39. The van der Waals surface area contributed by atoms with E-state index in [-0.39, 0.29) is 12.8 Å². The largest absolute Gasteiger partial charge is 0.481 e. The van der Waals surface area contributed by atoms with Crippen molar-refractivity contribution < 1.29 is 29.0 Å². The normalized spacial score (nSPS) is 23.5. The fourth-order valence-electron chi connectivity index (χ4n) is 4.26. The van der Waals surface area contributed by atoms with E-state index in [0.29, 0.717) is 17.3 Å². The number of hydrogen-bond acceptors (Lipinski definition) is 6. The molecule has 0 spiro atoms. The molecule has 0 bridgehead atoms. The zero-order valence-electron chi connectivity index (χ0n) is 17.7. The van der Waals surface area contributed by atoms with E-state index in [2.05, 4.69) is 15.5 Å². The summed E-state index contributed by atoms with van der Waals surface area (Å²) in [4.78, 5) is 33.9. The van der Waals surface area contributed by atoms with Crippen LogP contribution in [0.4, 0.5) is 4.39 Å². The number of nitrogens with zero attached hydrogens (tertiary/aromatic N) is 2. The van der Waals surface area contributed by atoms with E-state index in [0.717, 1.165) is 12.8 Å². The fourth-order valence-corrected chi connectivity index (χ4v) is 4.26. The van der Waals surface area contributed by atoms with Crippen LogP contribution in [0, 0.1) is 0 Å². The average molecular weight is 435 g/mol. The van der Waals surface area contributed by atoms with E-state index >= 15 is 0 Å². The first-order valence-electron chi connectivity index (χ1n) is 10.9. The number of carboxylic acid groups (broad SMARTS) is 1. The van der Waals surface area contributed by atoms with Crippen LogP contribution in [-0.2, 0) is 14.4 Å². The van der Waals surface area contributed by atoms with Crippen LogP contribution in [-0.4, -0.2) is 57.2 Å². The molecule has 1 fully saturated rings. The lowest BCUT2D eigenvalue weighted by Gasteiger charge is -2.28. The number of oxime groups is 1. The Morgan fingerprint density at radius 1 is 1.35 bits per heavy atom. The number of aliphatic carboxylic acids is 1. The van der Waals surface area contributed by atoms with Gasteiger partial charge in [-0.2, -0.15) is 0 Å². The highest BCUT2D eigenvalue weighted by Gasteiger charge is 2.46. The highest BCUT2D eigenvalue weighted by Crippen LogP contribution is 2.34. The van der Waals surface area contributed by atoms with Crippen LogP contribution in [0.2, 0.25) is 0 Å². The molecule has 1 saturated carbocycles. The molecule has 2 heterocycles. The maximum atomic E-state index is 12.9. The lowest BCUT2D eigenvalue weighted by Crippen LogP contribution is -2.54. The number of nitrogens with one attached hydrogen (secondary N) is 1. The van der Waals surface area contributed by atoms with E-state index in [4.69, 9.17) is 9.94 Å². The van der Waals surface area contributed by atoms with E-state index in [9.17, 15) is 19.1 Å². The molecule has 0 radical (unpaired) electrons. The van der Waals surface area contributed by atoms with Crippen molar-refractivity contribution >= 4 is 17.6 Å². The Kier molecular flexibility index (Phi) is 7.59. The Balaban J connectivity index is 1.72. The number of amides is 1. The zero-order chi connectivity index (χ0) is 22.4. The molecule has 3 rings (SSSR count). The molecule has 9 heteroatoms. The van der Waals surface area contributed by atoms with Gasteiger partial charge in [-0.1, -0.05) is 31.3 Å². The zero-order valence-corrected chi connectivity index (χ0v) is 17.7. The van der Waals surface area contributed by atoms with Crippen LogP contribution in [0.1, 0.15) is 75.5 Å². The third kappa shape index (κ3) is 5.39. The van der Waals surface area contributed by atoms with Crippen molar-refractivity contribution in [3.8, 4) is 0 Å². The summed E-state index contributed by atoms with van der Waals surface area (Å²) in [5.41, 5.74) is 1.04.